The molecule has 6 heteroatoms. The first-order valence-corrected chi connectivity index (χ1v) is 12.8. The van der Waals surface area contributed by atoms with Gasteiger partial charge in [-0.2, -0.15) is 0 Å². The maximum atomic E-state index is 13.6. The molecule has 1 aliphatic heterocycles. The molecule has 2 aromatic rings. The number of carbonyl (C=O) groups excluding carboxylic acids is 2. The second kappa shape index (κ2) is 10.9. The summed E-state index contributed by atoms with van der Waals surface area (Å²) in [7, 11) is 0. The molecule has 178 valence electrons. The minimum atomic E-state index is -0.162. The summed E-state index contributed by atoms with van der Waals surface area (Å²) in [6.07, 6.45) is 3.93. The van der Waals surface area contributed by atoms with Gasteiger partial charge in [0.15, 0.2) is 0 Å². The van der Waals surface area contributed by atoms with E-state index < -0.39 is 0 Å². The van der Waals surface area contributed by atoms with Gasteiger partial charge in [0.2, 0.25) is 11.8 Å². The Hall–Kier alpha value is -2.11. The molecule has 0 radical (unpaired) electrons. The Balaban J connectivity index is 1.78. The van der Waals surface area contributed by atoms with Crippen LogP contribution in [0, 0.1) is 11.3 Å². The van der Waals surface area contributed by atoms with Crippen LogP contribution >= 0.6 is 22.9 Å². The van der Waals surface area contributed by atoms with Crippen LogP contribution in [0.4, 0.5) is 0 Å². The zero-order valence-electron chi connectivity index (χ0n) is 20.1. The van der Waals surface area contributed by atoms with Crippen LogP contribution in [0.3, 0.4) is 0 Å². The second-order valence-electron chi connectivity index (χ2n) is 10.2. The van der Waals surface area contributed by atoms with Gasteiger partial charge in [-0.1, -0.05) is 57.5 Å². The Morgan fingerprint density at radius 2 is 1.97 bits per heavy atom. The van der Waals surface area contributed by atoms with Crippen molar-refractivity contribution in [2.24, 2.45) is 11.3 Å². The summed E-state index contributed by atoms with van der Waals surface area (Å²) in [5.41, 5.74) is 2.37. The highest BCUT2D eigenvalue weighted by molar-refractivity contribution is 7.10. The zero-order valence-corrected chi connectivity index (χ0v) is 21.7. The first kappa shape index (κ1) is 25.5. The molecule has 2 atom stereocenters. The lowest BCUT2D eigenvalue weighted by Crippen LogP contribution is -2.47. The normalized spacial score (nSPS) is 16.8. The van der Waals surface area contributed by atoms with E-state index in [0.717, 1.165) is 18.4 Å². The van der Waals surface area contributed by atoms with Gasteiger partial charge in [-0.25, -0.2) is 0 Å². The van der Waals surface area contributed by atoms with Crippen molar-refractivity contribution in [3.05, 3.63) is 69.4 Å². The van der Waals surface area contributed by atoms with Crippen molar-refractivity contribution in [2.75, 3.05) is 19.6 Å². The van der Waals surface area contributed by atoms with Crippen LogP contribution in [0.25, 0.3) is 0 Å². The number of carbonyl (C=O) groups is 2. The van der Waals surface area contributed by atoms with Gasteiger partial charge in [0.1, 0.15) is 6.54 Å². The molecule has 0 spiro atoms. The van der Waals surface area contributed by atoms with Crippen molar-refractivity contribution in [3.63, 3.8) is 0 Å². The largest absolute Gasteiger partial charge is 0.330 e. The molecule has 1 aromatic carbocycles. The first-order valence-electron chi connectivity index (χ1n) is 11.6. The summed E-state index contributed by atoms with van der Waals surface area (Å²) in [5, 5.41) is 2.76. The maximum absolute atomic E-state index is 13.6. The van der Waals surface area contributed by atoms with Gasteiger partial charge in [-0.05, 0) is 58.9 Å². The number of halogens is 1. The van der Waals surface area contributed by atoms with Gasteiger partial charge < -0.3 is 9.80 Å². The SMILES string of the molecule is C=CCN(CC(=O)N1CCc2sccc2C1c1ccc(Cl)cc1)C(=O)CC(C)CC(C)(C)C. The summed E-state index contributed by atoms with van der Waals surface area (Å²) in [4.78, 5) is 31.5. The van der Waals surface area contributed by atoms with Crippen molar-refractivity contribution in [3.8, 4) is 0 Å². The van der Waals surface area contributed by atoms with Crippen LogP contribution < -0.4 is 0 Å². The third kappa shape index (κ3) is 6.70. The lowest BCUT2D eigenvalue weighted by atomic mass is 9.84. The van der Waals surface area contributed by atoms with E-state index in [2.05, 4.69) is 45.7 Å². The Morgan fingerprint density at radius 1 is 1.27 bits per heavy atom. The average Bonchev–Trinajstić information content (AvgIpc) is 3.20. The van der Waals surface area contributed by atoms with Crippen molar-refractivity contribution in [2.45, 2.75) is 53.0 Å². The predicted octanol–water partition coefficient (Wildman–Crippen LogP) is 6.35. The van der Waals surface area contributed by atoms with Crippen LogP contribution in [0.2, 0.25) is 5.02 Å². The summed E-state index contributed by atoms with van der Waals surface area (Å²) < 4.78 is 0. The van der Waals surface area contributed by atoms with Crippen molar-refractivity contribution < 1.29 is 9.59 Å². The molecule has 33 heavy (non-hydrogen) atoms. The number of nitrogens with zero attached hydrogens (tertiary/aromatic N) is 2. The Bertz CT molecular complexity index is 977. The number of fused-ring (bicyclic) bond motifs is 1. The third-order valence-electron chi connectivity index (χ3n) is 5.98. The smallest absolute Gasteiger partial charge is 0.243 e. The predicted molar refractivity (Wildman–Crippen MR) is 138 cm³/mol. The first-order chi connectivity index (χ1) is 15.6. The molecule has 1 aromatic heterocycles. The Morgan fingerprint density at radius 3 is 2.61 bits per heavy atom. The molecule has 0 aliphatic carbocycles. The van der Waals surface area contributed by atoms with Crippen LogP contribution in [-0.2, 0) is 16.0 Å². The number of amides is 2. The zero-order chi connectivity index (χ0) is 24.2. The summed E-state index contributed by atoms with van der Waals surface area (Å²) in [6.45, 7) is 13.5. The lowest BCUT2D eigenvalue weighted by Gasteiger charge is -2.37. The van der Waals surface area contributed by atoms with Gasteiger partial charge >= 0.3 is 0 Å². The minimum absolute atomic E-state index is 0.0104. The highest BCUT2D eigenvalue weighted by Gasteiger charge is 2.34. The Labute approximate surface area is 207 Å². The number of hydrogen-bond donors (Lipinski definition) is 0. The van der Waals surface area contributed by atoms with Crippen molar-refractivity contribution in [1.82, 2.24) is 9.80 Å². The molecular formula is C27H35ClN2O2S. The van der Waals surface area contributed by atoms with E-state index in [1.54, 1.807) is 22.3 Å². The number of thiophene rings is 1. The quantitative estimate of drug-likeness (QED) is 0.408. The fraction of sp³-hybridized carbons (Fsp3) is 0.481. The van der Waals surface area contributed by atoms with Crippen molar-refractivity contribution in [1.29, 1.82) is 0 Å². The monoisotopic (exact) mass is 486 g/mol. The third-order valence-corrected chi connectivity index (χ3v) is 7.23. The van der Waals surface area contributed by atoms with E-state index in [4.69, 9.17) is 11.6 Å². The molecule has 2 heterocycles. The molecule has 0 fully saturated rings. The molecule has 1 aliphatic rings. The van der Waals surface area contributed by atoms with Gasteiger partial charge in [-0.15, -0.1) is 17.9 Å². The molecule has 0 saturated heterocycles. The maximum Gasteiger partial charge on any atom is 0.243 e. The Kier molecular flexibility index (Phi) is 8.41. The van der Waals surface area contributed by atoms with E-state index in [-0.39, 0.29) is 35.7 Å². The van der Waals surface area contributed by atoms with E-state index in [0.29, 0.717) is 24.5 Å². The molecule has 2 amide bonds. The minimum Gasteiger partial charge on any atom is -0.330 e. The fourth-order valence-corrected chi connectivity index (χ4v) is 5.83. The van der Waals surface area contributed by atoms with Crippen LogP contribution in [0.1, 0.15) is 62.6 Å². The van der Waals surface area contributed by atoms with E-state index in [9.17, 15) is 9.59 Å². The van der Waals surface area contributed by atoms with Crippen molar-refractivity contribution >= 4 is 34.8 Å². The molecule has 3 rings (SSSR count). The highest BCUT2D eigenvalue weighted by atomic mass is 35.5. The molecular weight excluding hydrogens is 452 g/mol. The average molecular weight is 487 g/mol. The molecule has 4 nitrogen and oxygen atoms in total. The van der Waals surface area contributed by atoms with Gasteiger partial charge in [0.25, 0.3) is 0 Å². The second-order valence-corrected chi connectivity index (χ2v) is 11.7. The number of benzene rings is 1. The van der Waals surface area contributed by atoms with Gasteiger partial charge in [-0.3, -0.25) is 9.59 Å². The van der Waals surface area contributed by atoms with Crippen LogP contribution in [0.5, 0.6) is 0 Å². The summed E-state index contributed by atoms with van der Waals surface area (Å²) in [6, 6.07) is 9.65. The summed E-state index contributed by atoms with van der Waals surface area (Å²) >= 11 is 7.85. The van der Waals surface area contributed by atoms with Gasteiger partial charge in [0, 0.05) is 29.4 Å². The molecule has 0 bridgehead atoms. The summed E-state index contributed by atoms with van der Waals surface area (Å²) in [5.74, 6) is 0.229. The van der Waals surface area contributed by atoms with E-state index in [1.165, 1.54) is 10.4 Å². The van der Waals surface area contributed by atoms with Crippen LogP contribution in [-0.4, -0.2) is 41.2 Å². The van der Waals surface area contributed by atoms with Gasteiger partial charge in [0.05, 0.1) is 6.04 Å². The number of hydrogen-bond acceptors (Lipinski definition) is 3. The number of rotatable bonds is 8. The fourth-order valence-electron chi connectivity index (χ4n) is 4.80. The molecule has 2 unspecified atom stereocenters. The lowest BCUT2D eigenvalue weighted by molar-refractivity contribution is -0.141. The van der Waals surface area contributed by atoms with E-state index in [1.807, 2.05) is 29.2 Å². The van der Waals surface area contributed by atoms with E-state index >= 15 is 0 Å². The topological polar surface area (TPSA) is 40.6 Å². The highest BCUT2D eigenvalue weighted by Crippen LogP contribution is 2.38. The molecule has 0 saturated carbocycles. The standard InChI is InChI=1S/C27H35ClN2O2S/c1-6-13-29(24(31)16-19(2)17-27(3,4)5)18-25(32)30-14-11-23-22(12-15-33-23)26(30)20-7-9-21(28)10-8-20/h6-10,12,15,19,26H,1,11,13-14,16-18H2,2-5H3. The molecule has 0 N–H and O–H groups in total. The van der Waals surface area contributed by atoms with Crippen LogP contribution in [0.15, 0.2) is 48.4 Å².